The molecule has 2 rings (SSSR count). The lowest BCUT2D eigenvalue weighted by atomic mass is 9.93. The quantitative estimate of drug-likeness (QED) is 0.659. The van der Waals surface area contributed by atoms with Gasteiger partial charge in [-0.3, -0.25) is 11.3 Å². The molecule has 114 valence electrons. The highest BCUT2D eigenvalue weighted by atomic mass is 32.1. The van der Waals surface area contributed by atoms with Crippen LogP contribution in [0, 0.1) is 5.82 Å². The number of rotatable bonds is 5. The van der Waals surface area contributed by atoms with Crippen LogP contribution in [0.3, 0.4) is 0 Å². The van der Waals surface area contributed by atoms with Crippen LogP contribution in [0.25, 0.3) is 0 Å². The molecule has 0 aliphatic rings. The van der Waals surface area contributed by atoms with Crippen LogP contribution < -0.4 is 11.3 Å². The molecule has 1 aromatic heterocycles. The molecule has 1 unspecified atom stereocenters. The molecule has 0 saturated carbocycles. The summed E-state index contributed by atoms with van der Waals surface area (Å²) in [6.45, 7) is 6.45. The second-order valence-corrected chi connectivity index (χ2v) is 7.22. The lowest BCUT2D eigenvalue weighted by Gasteiger charge is -2.16. The average Bonchev–Trinajstić information content (AvgIpc) is 2.86. The standard InChI is InChI=1S/C16H22FN3S/c1-16(2,3)14-10-21-15(19-14)9-13(20-18)8-11-5-4-6-12(17)7-11/h4-7,10,13,20H,8-9,18H2,1-3H3. The predicted molar refractivity (Wildman–Crippen MR) is 85.7 cm³/mol. The Kier molecular flexibility index (Phi) is 5.08. The zero-order valence-electron chi connectivity index (χ0n) is 12.7. The van der Waals surface area contributed by atoms with E-state index in [1.807, 2.05) is 6.07 Å². The Morgan fingerprint density at radius 3 is 2.67 bits per heavy atom. The number of nitrogens with two attached hydrogens (primary N) is 1. The molecule has 1 heterocycles. The highest BCUT2D eigenvalue weighted by molar-refractivity contribution is 7.09. The summed E-state index contributed by atoms with van der Waals surface area (Å²) in [5, 5.41) is 3.16. The third-order valence-corrected chi connectivity index (χ3v) is 4.22. The summed E-state index contributed by atoms with van der Waals surface area (Å²) >= 11 is 1.65. The van der Waals surface area contributed by atoms with Gasteiger partial charge in [0.1, 0.15) is 5.82 Å². The predicted octanol–water partition coefficient (Wildman–Crippen LogP) is 3.20. The molecule has 3 N–H and O–H groups in total. The van der Waals surface area contributed by atoms with Crippen molar-refractivity contribution in [3.63, 3.8) is 0 Å². The minimum absolute atomic E-state index is 0.0470. The summed E-state index contributed by atoms with van der Waals surface area (Å²) in [5.41, 5.74) is 4.91. The zero-order valence-corrected chi connectivity index (χ0v) is 13.5. The van der Waals surface area contributed by atoms with Crippen LogP contribution in [0.15, 0.2) is 29.6 Å². The first-order chi connectivity index (χ1) is 9.88. The van der Waals surface area contributed by atoms with Crippen molar-refractivity contribution in [2.45, 2.75) is 45.1 Å². The second kappa shape index (κ2) is 6.64. The van der Waals surface area contributed by atoms with Crippen LogP contribution in [0.5, 0.6) is 0 Å². The Morgan fingerprint density at radius 2 is 2.10 bits per heavy atom. The number of halogens is 1. The number of hydrazine groups is 1. The maximum Gasteiger partial charge on any atom is 0.123 e. The van der Waals surface area contributed by atoms with Gasteiger partial charge in [-0.15, -0.1) is 11.3 Å². The molecule has 0 radical (unpaired) electrons. The third kappa shape index (κ3) is 4.59. The van der Waals surface area contributed by atoms with Crippen molar-refractivity contribution >= 4 is 11.3 Å². The van der Waals surface area contributed by atoms with E-state index in [4.69, 9.17) is 5.84 Å². The van der Waals surface area contributed by atoms with Crippen LogP contribution in [0.2, 0.25) is 0 Å². The molecule has 2 aromatic rings. The van der Waals surface area contributed by atoms with E-state index in [1.165, 1.54) is 6.07 Å². The van der Waals surface area contributed by atoms with Crippen LogP contribution in [-0.4, -0.2) is 11.0 Å². The first-order valence-electron chi connectivity index (χ1n) is 7.04. The highest BCUT2D eigenvalue weighted by Gasteiger charge is 2.19. The van der Waals surface area contributed by atoms with Gasteiger partial charge in [0.2, 0.25) is 0 Å². The molecular formula is C16H22FN3S. The fraction of sp³-hybridized carbons (Fsp3) is 0.438. The van der Waals surface area contributed by atoms with Gasteiger partial charge >= 0.3 is 0 Å². The maximum atomic E-state index is 13.2. The summed E-state index contributed by atoms with van der Waals surface area (Å²) in [5.74, 6) is 5.42. The Morgan fingerprint density at radius 1 is 1.33 bits per heavy atom. The average molecular weight is 307 g/mol. The van der Waals surface area contributed by atoms with Crippen molar-refractivity contribution < 1.29 is 4.39 Å². The second-order valence-electron chi connectivity index (χ2n) is 6.28. The Labute approximate surface area is 129 Å². The lowest BCUT2D eigenvalue weighted by molar-refractivity contribution is 0.515. The van der Waals surface area contributed by atoms with Gasteiger partial charge < -0.3 is 0 Å². The number of nitrogens with one attached hydrogen (secondary N) is 1. The van der Waals surface area contributed by atoms with E-state index in [0.29, 0.717) is 6.42 Å². The Bertz CT molecular complexity index is 589. The van der Waals surface area contributed by atoms with E-state index >= 15 is 0 Å². The minimum atomic E-state index is -0.215. The summed E-state index contributed by atoms with van der Waals surface area (Å²) < 4.78 is 13.2. The molecule has 0 aliphatic heterocycles. The van der Waals surface area contributed by atoms with Crippen molar-refractivity contribution in [2.24, 2.45) is 5.84 Å². The van der Waals surface area contributed by atoms with Crippen LogP contribution in [-0.2, 0) is 18.3 Å². The third-order valence-electron chi connectivity index (χ3n) is 3.35. The largest absolute Gasteiger partial charge is 0.271 e. The molecule has 0 bridgehead atoms. The number of benzene rings is 1. The van der Waals surface area contributed by atoms with E-state index in [9.17, 15) is 4.39 Å². The Balaban J connectivity index is 2.04. The van der Waals surface area contributed by atoms with E-state index < -0.39 is 0 Å². The van der Waals surface area contributed by atoms with Crippen LogP contribution in [0.4, 0.5) is 4.39 Å². The van der Waals surface area contributed by atoms with Gasteiger partial charge in [-0.25, -0.2) is 9.37 Å². The maximum absolute atomic E-state index is 13.2. The molecule has 0 spiro atoms. The number of aromatic nitrogens is 1. The van der Waals surface area contributed by atoms with Gasteiger partial charge in [0, 0.05) is 23.3 Å². The van der Waals surface area contributed by atoms with E-state index in [-0.39, 0.29) is 17.3 Å². The monoisotopic (exact) mass is 307 g/mol. The summed E-state index contributed by atoms with van der Waals surface area (Å²) in [4.78, 5) is 4.68. The number of thiazole rings is 1. The summed E-state index contributed by atoms with van der Waals surface area (Å²) in [7, 11) is 0. The molecule has 0 fully saturated rings. The topological polar surface area (TPSA) is 50.9 Å². The molecule has 1 aromatic carbocycles. The van der Waals surface area contributed by atoms with Crippen molar-refractivity contribution in [2.75, 3.05) is 0 Å². The van der Waals surface area contributed by atoms with E-state index in [2.05, 4.69) is 36.6 Å². The fourth-order valence-corrected chi connectivity index (χ4v) is 3.20. The first kappa shape index (κ1) is 16.1. The highest BCUT2D eigenvalue weighted by Crippen LogP contribution is 2.24. The van der Waals surface area contributed by atoms with Gasteiger partial charge in [-0.2, -0.15) is 0 Å². The first-order valence-corrected chi connectivity index (χ1v) is 7.92. The SMILES string of the molecule is CC(C)(C)c1csc(CC(Cc2cccc(F)c2)NN)n1. The molecule has 1 atom stereocenters. The van der Waals surface area contributed by atoms with Crippen molar-refractivity contribution in [1.82, 2.24) is 10.4 Å². The van der Waals surface area contributed by atoms with E-state index in [0.717, 1.165) is 22.7 Å². The molecule has 5 heteroatoms. The van der Waals surface area contributed by atoms with Gasteiger partial charge in [0.25, 0.3) is 0 Å². The van der Waals surface area contributed by atoms with Gasteiger partial charge in [-0.05, 0) is 24.1 Å². The Hall–Kier alpha value is -1.30. The lowest BCUT2D eigenvalue weighted by Crippen LogP contribution is -2.38. The minimum Gasteiger partial charge on any atom is -0.271 e. The van der Waals surface area contributed by atoms with Crippen LogP contribution in [0.1, 0.15) is 37.0 Å². The van der Waals surface area contributed by atoms with Crippen molar-refractivity contribution in [3.8, 4) is 0 Å². The summed E-state index contributed by atoms with van der Waals surface area (Å²) in [6.07, 6.45) is 1.42. The van der Waals surface area contributed by atoms with Gasteiger partial charge in [-0.1, -0.05) is 32.9 Å². The van der Waals surface area contributed by atoms with Gasteiger partial charge in [0.15, 0.2) is 0 Å². The van der Waals surface area contributed by atoms with Gasteiger partial charge in [0.05, 0.1) is 10.7 Å². The molecular weight excluding hydrogens is 285 g/mol. The van der Waals surface area contributed by atoms with Crippen molar-refractivity contribution in [1.29, 1.82) is 0 Å². The number of hydrogen-bond acceptors (Lipinski definition) is 4. The summed E-state index contributed by atoms with van der Waals surface area (Å²) in [6, 6.07) is 6.68. The van der Waals surface area contributed by atoms with Crippen LogP contribution >= 0.6 is 11.3 Å². The number of hydrogen-bond donors (Lipinski definition) is 2. The van der Waals surface area contributed by atoms with Crippen molar-refractivity contribution in [3.05, 3.63) is 51.7 Å². The smallest absolute Gasteiger partial charge is 0.123 e. The molecule has 3 nitrogen and oxygen atoms in total. The number of nitrogens with zero attached hydrogens (tertiary/aromatic N) is 1. The molecule has 0 amide bonds. The molecule has 0 saturated heterocycles. The molecule has 21 heavy (non-hydrogen) atoms. The van der Waals surface area contributed by atoms with E-state index in [1.54, 1.807) is 23.5 Å². The fourth-order valence-electron chi connectivity index (χ4n) is 2.10. The normalized spacial score (nSPS) is 13.4. The molecule has 0 aliphatic carbocycles. The zero-order chi connectivity index (χ0) is 15.5.